The van der Waals surface area contributed by atoms with Gasteiger partial charge in [-0.15, -0.1) is 0 Å². The molecule has 94 valence electrons. The molecule has 3 nitrogen and oxygen atoms in total. The Hall–Kier alpha value is -1.49. The molecule has 0 bridgehead atoms. The normalized spacial score (nSPS) is 12.2. The monoisotopic (exact) mass is 242 g/mol. The standard InChI is InChI=1S/C12H16F2N2O/c1-8(7-15-2)16-12(17)6-9-3-4-10(13)11(14)5-9/h3-5,8,15H,6-7H2,1-2H3,(H,16,17). The number of amides is 1. The summed E-state index contributed by atoms with van der Waals surface area (Å²) in [5.74, 6) is -2.05. The maximum absolute atomic E-state index is 12.9. The molecule has 1 amide bonds. The van der Waals surface area contributed by atoms with E-state index in [9.17, 15) is 13.6 Å². The van der Waals surface area contributed by atoms with Gasteiger partial charge in [0.2, 0.25) is 5.91 Å². The average molecular weight is 242 g/mol. The van der Waals surface area contributed by atoms with E-state index >= 15 is 0 Å². The number of hydrogen-bond donors (Lipinski definition) is 2. The molecule has 1 aromatic rings. The van der Waals surface area contributed by atoms with Crippen molar-refractivity contribution in [3.8, 4) is 0 Å². The predicted molar refractivity (Wildman–Crippen MR) is 61.6 cm³/mol. The Morgan fingerprint density at radius 3 is 2.65 bits per heavy atom. The van der Waals surface area contributed by atoms with Gasteiger partial charge in [0.05, 0.1) is 6.42 Å². The number of carbonyl (C=O) groups is 1. The number of halogens is 2. The van der Waals surface area contributed by atoms with Crippen molar-refractivity contribution in [2.45, 2.75) is 19.4 Å². The molecule has 0 radical (unpaired) electrons. The molecule has 2 N–H and O–H groups in total. The van der Waals surface area contributed by atoms with Crippen LogP contribution in [0.4, 0.5) is 8.78 Å². The van der Waals surface area contributed by atoms with E-state index in [1.807, 2.05) is 6.92 Å². The molecular formula is C12H16F2N2O. The number of nitrogens with one attached hydrogen (secondary N) is 2. The van der Waals surface area contributed by atoms with Gasteiger partial charge in [-0.05, 0) is 31.7 Å². The van der Waals surface area contributed by atoms with Gasteiger partial charge in [-0.2, -0.15) is 0 Å². The summed E-state index contributed by atoms with van der Waals surface area (Å²) in [6.45, 7) is 2.52. The van der Waals surface area contributed by atoms with Gasteiger partial charge in [0.1, 0.15) is 0 Å². The number of carbonyl (C=O) groups excluding carboxylic acids is 1. The molecule has 1 rings (SSSR count). The van der Waals surface area contributed by atoms with Gasteiger partial charge in [0.15, 0.2) is 11.6 Å². The van der Waals surface area contributed by atoms with Crippen LogP contribution in [0.3, 0.4) is 0 Å². The van der Waals surface area contributed by atoms with Crippen LogP contribution in [0.5, 0.6) is 0 Å². The number of benzene rings is 1. The molecule has 0 fully saturated rings. The van der Waals surface area contributed by atoms with Crippen LogP contribution in [-0.4, -0.2) is 25.5 Å². The Bertz CT molecular complexity index is 396. The number of rotatable bonds is 5. The van der Waals surface area contributed by atoms with Crippen LogP contribution in [0, 0.1) is 11.6 Å². The summed E-state index contributed by atoms with van der Waals surface area (Å²) < 4.78 is 25.6. The second-order valence-corrected chi connectivity index (χ2v) is 3.95. The molecule has 0 spiro atoms. The quantitative estimate of drug-likeness (QED) is 0.815. The number of hydrogen-bond acceptors (Lipinski definition) is 2. The van der Waals surface area contributed by atoms with E-state index in [1.165, 1.54) is 6.07 Å². The van der Waals surface area contributed by atoms with Gasteiger partial charge in [-0.1, -0.05) is 6.07 Å². The summed E-state index contributed by atoms with van der Waals surface area (Å²) in [6.07, 6.45) is 0.0469. The van der Waals surface area contributed by atoms with Crippen molar-refractivity contribution >= 4 is 5.91 Å². The van der Waals surface area contributed by atoms with E-state index in [4.69, 9.17) is 0 Å². The first kappa shape index (κ1) is 13.6. The molecule has 1 aromatic carbocycles. The Kier molecular flexibility index (Phi) is 5.03. The van der Waals surface area contributed by atoms with Crippen LogP contribution in [0.2, 0.25) is 0 Å². The highest BCUT2D eigenvalue weighted by molar-refractivity contribution is 5.78. The second-order valence-electron chi connectivity index (χ2n) is 3.95. The first-order valence-electron chi connectivity index (χ1n) is 5.41. The fourth-order valence-corrected chi connectivity index (χ4v) is 1.52. The fraction of sp³-hybridized carbons (Fsp3) is 0.417. The van der Waals surface area contributed by atoms with Crippen molar-refractivity contribution < 1.29 is 13.6 Å². The molecule has 1 atom stereocenters. The zero-order valence-corrected chi connectivity index (χ0v) is 9.89. The van der Waals surface area contributed by atoms with Gasteiger partial charge in [0.25, 0.3) is 0 Å². The van der Waals surface area contributed by atoms with Crippen LogP contribution in [0.25, 0.3) is 0 Å². The molecule has 0 aliphatic heterocycles. The van der Waals surface area contributed by atoms with Gasteiger partial charge < -0.3 is 10.6 Å². The third-order valence-corrected chi connectivity index (χ3v) is 2.27. The zero-order valence-electron chi connectivity index (χ0n) is 9.89. The van der Waals surface area contributed by atoms with Crippen LogP contribution >= 0.6 is 0 Å². The minimum absolute atomic E-state index is 0.00204. The Morgan fingerprint density at radius 1 is 1.35 bits per heavy atom. The lowest BCUT2D eigenvalue weighted by molar-refractivity contribution is -0.121. The minimum Gasteiger partial charge on any atom is -0.352 e. The second kappa shape index (κ2) is 6.30. The molecular weight excluding hydrogens is 226 g/mol. The van der Waals surface area contributed by atoms with Crippen LogP contribution in [0.15, 0.2) is 18.2 Å². The number of likely N-dealkylation sites (N-methyl/N-ethyl adjacent to an activating group) is 1. The van der Waals surface area contributed by atoms with Crippen molar-refractivity contribution in [3.05, 3.63) is 35.4 Å². The SMILES string of the molecule is CNCC(C)NC(=O)Cc1ccc(F)c(F)c1. The topological polar surface area (TPSA) is 41.1 Å². The molecule has 0 aliphatic rings. The van der Waals surface area contributed by atoms with E-state index in [-0.39, 0.29) is 18.4 Å². The van der Waals surface area contributed by atoms with E-state index in [1.54, 1.807) is 7.05 Å². The highest BCUT2D eigenvalue weighted by Gasteiger charge is 2.09. The van der Waals surface area contributed by atoms with E-state index in [0.717, 1.165) is 12.1 Å². The van der Waals surface area contributed by atoms with Crippen molar-refractivity contribution in [2.75, 3.05) is 13.6 Å². The Balaban J connectivity index is 2.53. The average Bonchev–Trinajstić information content (AvgIpc) is 2.23. The zero-order chi connectivity index (χ0) is 12.8. The van der Waals surface area contributed by atoms with E-state index < -0.39 is 11.6 Å². The summed E-state index contributed by atoms with van der Waals surface area (Å²) >= 11 is 0. The smallest absolute Gasteiger partial charge is 0.224 e. The molecule has 0 heterocycles. The van der Waals surface area contributed by atoms with Gasteiger partial charge >= 0.3 is 0 Å². The minimum atomic E-state index is -0.932. The third kappa shape index (κ3) is 4.48. The van der Waals surface area contributed by atoms with Crippen molar-refractivity contribution in [3.63, 3.8) is 0 Å². The summed E-state index contributed by atoms with van der Waals surface area (Å²) in [4.78, 5) is 11.5. The molecule has 0 aromatic heterocycles. The highest BCUT2D eigenvalue weighted by atomic mass is 19.2. The molecule has 1 unspecified atom stereocenters. The van der Waals surface area contributed by atoms with Crippen LogP contribution in [0.1, 0.15) is 12.5 Å². The lowest BCUT2D eigenvalue weighted by Gasteiger charge is -2.13. The molecule has 0 saturated heterocycles. The van der Waals surface area contributed by atoms with Crippen LogP contribution in [-0.2, 0) is 11.2 Å². The van der Waals surface area contributed by atoms with Crippen molar-refractivity contribution in [1.82, 2.24) is 10.6 Å². The first-order chi connectivity index (χ1) is 8.02. The fourth-order valence-electron chi connectivity index (χ4n) is 1.52. The summed E-state index contributed by atoms with van der Waals surface area (Å²) in [5, 5.41) is 5.67. The Morgan fingerprint density at radius 2 is 2.06 bits per heavy atom. The van der Waals surface area contributed by atoms with E-state index in [0.29, 0.717) is 12.1 Å². The third-order valence-electron chi connectivity index (χ3n) is 2.27. The first-order valence-corrected chi connectivity index (χ1v) is 5.41. The van der Waals surface area contributed by atoms with Gasteiger partial charge in [0, 0.05) is 12.6 Å². The lowest BCUT2D eigenvalue weighted by Crippen LogP contribution is -2.39. The Labute approximate surface area is 99.2 Å². The maximum atomic E-state index is 12.9. The lowest BCUT2D eigenvalue weighted by atomic mass is 10.1. The molecule has 17 heavy (non-hydrogen) atoms. The van der Waals surface area contributed by atoms with E-state index in [2.05, 4.69) is 10.6 Å². The largest absolute Gasteiger partial charge is 0.352 e. The van der Waals surface area contributed by atoms with Crippen molar-refractivity contribution in [2.24, 2.45) is 0 Å². The van der Waals surface area contributed by atoms with Gasteiger partial charge in [-0.3, -0.25) is 4.79 Å². The summed E-state index contributed by atoms with van der Waals surface area (Å²) in [6, 6.07) is 3.46. The molecule has 0 saturated carbocycles. The summed E-state index contributed by atoms with van der Waals surface area (Å²) in [7, 11) is 1.79. The predicted octanol–water partition coefficient (Wildman–Crippen LogP) is 1.23. The summed E-state index contributed by atoms with van der Waals surface area (Å²) in [5.41, 5.74) is 0.457. The molecule has 0 aliphatic carbocycles. The molecule has 5 heteroatoms. The highest BCUT2D eigenvalue weighted by Crippen LogP contribution is 2.09. The maximum Gasteiger partial charge on any atom is 0.224 e. The van der Waals surface area contributed by atoms with Crippen molar-refractivity contribution in [1.29, 1.82) is 0 Å². The van der Waals surface area contributed by atoms with Gasteiger partial charge in [-0.25, -0.2) is 8.78 Å². The van der Waals surface area contributed by atoms with Crippen LogP contribution < -0.4 is 10.6 Å².